The third-order valence-electron chi connectivity index (χ3n) is 7.90. The first-order valence-corrected chi connectivity index (χ1v) is 14.8. The summed E-state index contributed by atoms with van der Waals surface area (Å²) in [5, 5.41) is 6.80. The third kappa shape index (κ3) is 5.65. The van der Waals surface area contributed by atoms with Crippen molar-refractivity contribution in [2.45, 2.75) is 93.1 Å². The van der Waals surface area contributed by atoms with E-state index in [4.69, 9.17) is 0 Å². The molecule has 37 heavy (non-hydrogen) atoms. The standard InChI is InChI=1S/C29H36N4O3S/c1-21-27(9-8-16-30-21)37(35,36)24-12-10-22(11-13-24)19-31-28(34)25-17-23-20-32-29(18-26(23)33-25)14-6-4-2-3-5-7-15-29/h8-13,16-17,32-33H,2-7,14-15,18-20H2,1H3,(H,31,34). The molecule has 3 N–H and O–H groups in total. The summed E-state index contributed by atoms with van der Waals surface area (Å²) in [4.78, 5) is 20.9. The van der Waals surface area contributed by atoms with Crippen molar-refractivity contribution >= 4 is 15.7 Å². The number of aryl methyl sites for hydroxylation is 1. The fourth-order valence-electron chi connectivity index (χ4n) is 5.72. The molecule has 0 bridgehead atoms. The van der Waals surface area contributed by atoms with Gasteiger partial charge in [0.05, 0.1) is 15.5 Å². The van der Waals surface area contributed by atoms with Crippen molar-refractivity contribution in [2.75, 3.05) is 0 Å². The smallest absolute Gasteiger partial charge is 0.267 e. The molecule has 1 spiro atoms. The minimum absolute atomic E-state index is 0.145. The zero-order valence-corrected chi connectivity index (χ0v) is 22.3. The summed E-state index contributed by atoms with van der Waals surface area (Å²) in [6.45, 7) is 2.80. The second-order valence-electron chi connectivity index (χ2n) is 10.5. The Hall–Kier alpha value is -2.97. The van der Waals surface area contributed by atoms with Crippen molar-refractivity contribution in [3.05, 3.63) is 76.9 Å². The summed E-state index contributed by atoms with van der Waals surface area (Å²) in [5.74, 6) is -0.152. The van der Waals surface area contributed by atoms with E-state index in [1.54, 1.807) is 49.5 Å². The lowest BCUT2D eigenvalue weighted by Crippen LogP contribution is -2.49. The van der Waals surface area contributed by atoms with Crippen LogP contribution in [-0.2, 0) is 29.3 Å². The molecule has 1 aromatic carbocycles. The lowest BCUT2D eigenvalue weighted by atomic mass is 9.80. The lowest BCUT2D eigenvalue weighted by Gasteiger charge is -2.38. The average molecular weight is 521 g/mol. The number of hydrogen-bond donors (Lipinski definition) is 3. The number of hydrogen-bond acceptors (Lipinski definition) is 5. The van der Waals surface area contributed by atoms with Gasteiger partial charge in [0, 0.05) is 36.9 Å². The molecule has 0 saturated heterocycles. The second-order valence-corrected chi connectivity index (χ2v) is 12.5. The highest BCUT2D eigenvalue weighted by Crippen LogP contribution is 2.33. The van der Waals surface area contributed by atoms with Gasteiger partial charge in [0.2, 0.25) is 9.84 Å². The average Bonchev–Trinajstić information content (AvgIpc) is 3.36. The monoisotopic (exact) mass is 520 g/mol. The molecule has 0 radical (unpaired) electrons. The number of pyridine rings is 1. The molecule has 1 saturated carbocycles. The molecule has 7 nitrogen and oxygen atoms in total. The molecule has 0 unspecified atom stereocenters. The first kappa shape index (κ1) is 25.7. The van der Waals surface area contributed by atoms with Gasteiger partial charge in [-0.15, -0.1) is 0 Å². The van der Waals surface area contributed by atoms with Crippen LogP contribution in [0, 0.1) is 6.92 Å². The molecular weight excluding hydrogens is 484 g/mol. The van der Waals surface area contributed by atoms with Crippen LogP contribution in [0.3, 0.4) is 0 Å². The van der Waals surface area contributed by atoms with E-state index in [2.05, 4.69) is 20.6 Å². The SMILES string of the molecule is Cc1ncccc1S(=O)(=O)c1ccc(CNC(=O)c2cc3c([nH]2)CC2(CCCCCCCC2)NC3)cc1. The third-order valence-corrected chi connectivity index (χ3v) is 9.80. The van der Waals surface area contributed by atoms with Crippen molar-refractivity contribution in [3.8, 4) is 0 Å². The molecular formula is C29H36N4O3S. The van der Waals surface area contributed by atoms with Gasteiger partial charge in [-0.05, 0) is 61.2 Å². The van der Waals surface area contributed by atoms with Crippen LogP contribution in [0.25, 0.3) is 0 Å². The van der Waals surface area contributed by atoms with E-state index in [9.17, 15) is 13.2 Å². The number of benzene rings is 1. The number of carbonyl (C=O) groups is 1. The topological polar surface area (TPSA) is 104 Å². The highest BCUT2D eigenvalue weighted by molar-refractivity contribution is 7.91. The van der Waals surface area contributed by atoms with Crippen molar-refractivity contribution in [3.63, 3.8) is 0 Å². The van der Waals surface area contributed by atoms with Crippen LogP contribution in [-0.4, -0.2) is 29.8 Å². The largest absolute Gasteiger partial charge is 0.354 e. The molecule has 2 aromatic heterocycles. The summed E-state index contributed by atoms with van der Waals surface area (Å²) in [5.41, 5.74) is 4.39. The maximum absolute atomic E-state index is 13.0. The molecule has 8 heteroatoms. The maximum Gasteiger partial charge on any atom is 0.267 e. The van der Waals surface area contributed by atoms with Crippen molar-refractivity contribution in [2.24, 2.45) is 0 Å². The van der Waals surface area contributed by atoms with Crippen molar-refractivity contribution < 1.29 is 13.2 Å². The van der Waals surface area contributed by atoms with E-state index in [1.807, 2.05) is 6.07 Å². The Morgan fingerprint density at radius 1 is 1.03 bits per heavy atom. The molecule has 1 amide bonds. The summed E-state index contributed by atoms with van der Waals surface area (Å²) >= 11 is 0. The number of carbonyl (C=O) groups excluding carboxylic acids is 1. The van der Waals surface area contributed by atoms with Gasteiger partial charge >= 0.3 is 0 Å². The number of nitrogens with zero attached hydrogens (tertiary/aromatic N) is 1. The van der Waals surface area contributed by atoms with Gasteiger partial charge in [0.15, 0.2) is 0 Å². The fourth-order valence-corrected chi connectivity index (χ4v) is 7.17. The zero-order valence-electron chi connectivity index (χ0n) is 21.5. The molecule has 5 rings (SSSR count). The van der Waals surface area contributed by atoms with Gasteiger partial charge in [-0.3, -0.25) is 9.78 Å². The normalized spacial score (nSPS) is 17.9. The zero-order chi connectivity index (χ0) is 25.9. The number of sulfone groups is 1. The molecule has 3 heterocycles. The van der Waals surface area contributed by atoms with Gasteiger partial charge in [0.1, 0.15) is 5.69 Å². The van der Waals surface area contributed by atoms with Crippen LogP contribution in [0.2, 0.25) is 0 Å². The predicted octanol–water partition coefficient (Wildman–Crippen LogP) is 5.00. The summed E-state index contributed by atoms with van der Waals surface area (Å²) in [7, 11) is -3.64. The number of rotatable bonds is 5. The number of nitrogens with one attached hydrogen (secondary N) is 3. The molecule has 1 aliphatic heterocycles. The first-order valence-electron chi connectivity index (χ1n) is 13.4. The summed E-state index contributed by atoms with van der Waals surface area (Å²) < 4.78 is 25.9. The highest BCUT2D eigenvalue weighted by atomic mass is 32.2. The first-order chi connectivity index (χ1) is 17.9. The Balaban J connectivity index is 1.22. The Labute approximate surface area is 219 Å². The van der Waals surface area contributed by atoms with E-state index < -0.39 is 9.84 Å². The molecule has 1 aliphatic carbocycles. The molecule has 3 aromatic rings. The predicted molar refractivity (Wildman–Crippen MR) is 143 cm³/mol. The Morgan fingerprint density at radius 3 is 2.43 bits per heavy atom. The lowest BCUT2D eigenvalue weighted by molar-refractivity contribution is 0.0946. The Kier molecular flexibility index (Phi) is 7.49. The molecule has 2 aliphatic rings. The van der Waals surface area contributed by atoms with Gasteiger partial charge in [-0.2, -0.15) is 0 Å². The minimum Gasteiger partial charge on any atom is -0.354 e. The van der Waals surface area contributed by atoms with Crippen LogP contribution < -0.4 is 10.6 Å². The van der Waals surface area contributed by atoms with Crippen LogP contribution in [0.5, 0.6) is 0 Å². The summed E-state index contributed by atoms with van der Waals surface area (Å²) in [6.07, 6.45) is 12.7. The Bertz CT molecular complexity index is 1350. The van der Waals surface area contributed by atoms with E-state index in [-0.39, 0.29) is 21.2 Å². The molecule has 0 atom stereocenters. The number of aromatic amines is 1. The van der Waals surface area contributed by atoms with E-state index >= 15 is 0 Å². The van der Waals surface area contributed by atoms with Crippen molar-refractivity contribution in [1.29, 1.82) is 0 Å². The molecule has 1 fully saturated rings. The quantitative estimate of drug-likeness (QED) is 0.439. The van der Waals surface area contributed by atoms with Crippen LogP contribution in [0.4, 0.5) is 0 Å². The van der Waals surface area contributed by atoms with Crippen LogP contribution in [0.15, 0.2) is 58.5 Å². The van der Waals surface area contributed by atoms with Crippen LogP contribution >= 0.6 is 0 Å². The van der Waals surface area contributed by atoms with Gasteiger partial charge in [-0.1, -0.05) is 50.7 Å². The highest BCUT2D eigenvalue weighted by Gasteiger charge is 2.35. The van der Waals surface area contributed by atoms with Crippen molar-refractivity contribution in [1.82, 2.24) is 20.6 Å². The van der Waals surface area contributed by atoms with Gasteiger partial charge in [0.25, 0.3) is 5.91 Å². The van der Waals surface area contributed by atoms with Gasteiger partial charge in [-0.25, -0.2) is 8.42 Å². The molecule has 196 valence electrons. The second kappa shape index (κ2) is 10.8. The van der Waals surface area contributed by atoms with E-state index in [0.717, 1.165) is 18.5 Å². The van der Waals surface area contributed by atoms with E-state index in [0.29, 0.717) is 17.9 Å². The number of H-pyrrole nitrogens is 1. The minimum atomic E-state index is -3.64. The maximum atomic E-state index is 13.0. The number of fused-ring (bicyclic) bond motifs is 1. The van der Waals surface area contributed by atoms with Gasteiger partial charge < -0.3 is 15.6 Å². The Morgan fingerprint density at radius 2 is 1.73 bits per heavy atom. The number of aromatic nitrogens is 2. The summed E-state index contributed by atoms with van der Waals surface area (Å²) in [6, 6.07) is 11.8. The van der Waals surface area contributed by atoms with Crippen LogP contribution in [0.1, 0.15) is 84.4 Å². The number of amides is 1. The van der Waals surface area contributed by atoms with E-state index in [1.165, 1.54) is 62.6 Å². The fraction of sp³-hybridized carbons (Fsp3) is 0.448.